The Morgan fingerprint density at radius 3 is 2.36 bits per heavy atom. The summed E-state index contributed by atoms with van der Waals surface area (Å²) in [5.41, 5.74) is 0.694. The van der Waals surface area contributed by atoms with Crippen molar-refractivity contribution < 1.29 is 14.3 Å². The molecular formula is C20H26N2O3. The van der Waals surface area contributed by atoms with Gasteiger partial charge in [0.25, 0.3) is 5.91 Å². The second-order valence-electron chi connectivity index (χ2n) is 8.24. The van der Waals surface area contributed by atoms with Crippen molar-refractivity contribution in [3.8, 4) is 5.75 Å². The molecule has 0 radical (unpaired) electrons. The third-order valence-corrected chi connectivity index (χ3v) is 5.97. The smallest absolute Gasteiger partial charge is 0.258 e. The predicted molar refractivity (Wildman–Crippen MR) is 95.3 cm³/mol. The Labute approximate surface area is 148 Å². The Balaban J connectivity index is 1.33. The molecule has 0 unspecified atom stereocenters. The second-order valence-corrected chi connectivity index (χ2v) is 8.24. The Kier molecular flexibility index (Phi) is 4.18. The van der Waals surface area contributed by atoms with E-state index in [1.165, 1.54) is 26.2 Å². The molecule has 134 valence electrons. The number of amides is 2. The van der Waals surface area contributed by atoms with Crippen LogP contribution in [0.4, 0.5) is 5.69 Å². The number of hydrogen-bond acceptors (Lipinski definition) is 3. The van der Waals surface area contributed by atoms with E-state index in [-0.39, 0.29) is 24.0 Å². The summed E-state index contributed by atoms with van der Waals surface area (Å²) >= 11 is 0. The molecule has 4 fully saturated rings. The molecule has 2 N–H and O–H groups in total. The van der Waals surface area contributed by atoms with Crippen molar-refractivity contribution in [2.45, 2.75) is 51.0 Å². The lowest BCUT2D eigenvalue weighted by atomic mass is 9.53. The minimum atomic E-state index is -0.128. The maximum absolute atomic E-state index is 12.5. The van der Waals surface area contributed by atoms with Crippen molar-refractivity contribution in [3.63, 3.8) is 0 Å². The number of anilines is 1. The van der Waals surface area contributed by atoms with E-state index in [9.17, 15) is 9.59 Å². The van der Waals surface area contributed by atoms with Gasteiger partial charge in [-0.15, -0.1) is 0 Å². The number of ether oxygens (including phenoxy) is 1. The fourth-order valence-electron chi connectivity index (χ4n) is 5.61. The van der Waals surface area contributed by atoms with Crippen LogP contribution in [0.25, 0.3) is 0 Å². The van der Waals surface area contributed by atoms with Gasteiger partial charge in [-0.25, -0.2) is 0 Å². The SMILES string of the molecule is CC(=O)Nc1cccc(OCC(=O)NC23CC4CC(CC(C4)C2)C3)c1. The van der Waals surface area contributed by atoms with Crippen LogP contribution in [-0.4, -0.2) is 24.0 Å². The maximum Gasteiger partial charge on any atom is 0.258 e. The quantitative estimate of drug-likeness (QED) is 0.864. The van der Waals surface area contributed by atoms with E-state index in [1.807, 2.05) is 0 Å². The summed E-state index contributed by atoms with van der Waals surface area (Å²) in [6.07, 6.45) is 7.51. The van der Waals surface area contributed by atoms with Crippen molar-refractivity contribution in [2.24, 2.45) is 17.8 Å². The van der Waals surface area contributed by atoms with E-state index >= 15 is 0 Å². The van der Waals surface area contributed by atoms with Crippen molar-refractivity contribution in [1.29, 1.82) is 0 Å². The number of hydrogen-bond donors (Lipinski definition) is 2. The molecule has 4 aliphatic carbocycles. The minimum Gasteiger partial charge on any atom is -0.484 e. The van der Waals surface area contributed by atoms with E-state index < -0.39 is 0 Å². The summed E-state index contributed by atoms with van der Waals surface area (Å²) in [4.78, 5) is 23.6. The lowest BCUT2D eigenvalue weighted by Gasteiger charge is -2.56. The van der Waals surface area contributed by atoms with Crippen molar-refractivity contribution >= 4 is 17.5 Å². The molecule has 4 aliphatic rings. The van der Waals surface area contributed by atoms with Gasteiger partial charge in [0.05, 0.1) is 0 Å². The minimum absolute atomic E-state index is 0.0191. The van der Waals surface area contributed by atoms with E-state index in [0.29, 0.717) is 11.4 Å². The lowest BCUT2D eigenvalue weighted by Crippen LogP contribution is -2.60. The summed E-state index contributed by atoms with van der Waals surface area (Å²) in [6, 6.07) is 7.13. The molecule has 5 rings (SSSR count). The second kappa shape index (κ2) is 6.36. The molecule has 5 nitrogen and oxygen atoms in total. The number of rotatable bonds is 5. The van der Waals surface area contributed by atoms with Crippen molar-refractivity contribution in [1.82, 2.24) is 5.32 Å². The van der Waals surface area contributed by atoms with Crippen LogP contribution in [0.3, 0.4) is 0 Å². The van der Waals surface area contributed by atoms with Crippen LogP contribution in [-0.2, 0) is 9.59 Å². The molecule has 2 amide bonds. The van der Waals surface area contributed by atoms with Crippen LogP contribution in [0, 0.1) is 17.8 Å². The average molecular weight is 342 g/mol. The molecule has 0 saturated heterocycles. The molecule has 1 aromatic carbocycles. The van der Waals surface area contributed by atoms with Gasteiger partial charge < -0.3 is 15.4 Å². The molecule has 1 aromatic rings. The van der Waals surface area contributed by atoms with Crippen LogP contribution in [0.5, 0.6) is 5.75 Å². The molecule has 4 bridgehead atoms. The van der Waals surface area contributed by atoms with Gasteiger partial charge in [0.1, 0.15) is 5.75 Å². The zero-order chi connectivity index (χ0) is 17.4. The topological polar surface area (TPSA) is 67.4 Å². The van der Waals surface area contributed by atoms with Gasteiger partial charge in [-0.05, 0) is 68.4 Å². The zero-order valence-electron chi connectivity index (χ0n) is 14.7. The Morgan fingerprint density at radius 1 is 1.12 bits per heavy atom. The zero-order valence-corrected chi connectivity index (χ0v) is 14.7. The third-order valence-electron chi connectivity index (χ3n) is 5.97. The van der Waals surface area contributed by atoms with E-state index in [1.54, 1.807) is 24.3 Å². The number of carbonyl (C=O) groups is 2. The van der Waals surface area contributed by atoms with Gasteiger partial charge in [0, 0.05) is 24.2 Å². The highest BCUT2D eigenvalue weighted by atomic mass is 16.5. The van der Waals surface area contributed by atoms with Gasteiger partial charge in [-0.2, -0.15) is 0 Å². The van der Waals surface area contributed by atoms with Crippen molar-refractivity contribution in [3.05, 3.63) is 24.3 Å². The molecule has 0 aliphatic heterocycles. The lowest BCUT2D eigenvalue weighted by molar-refractivity contribution is -0.128. The molecule has 0 atom stereocenters. The highest BCUT2D eigenvalue weighted by Crippen LogP contribution is 2.55. The highest BCUT2D eigenvalue weighted by Gasteiger charge is 2.51. The summed E-state index contributed by atoms with van der Waals surface area (Å²) in [5.74, 6) is 2.85. The van der Waals surface area contributed by atoms with E-state index in [0.717, 1.165) is 37.0 Å². The highest BCUT2D eigenvalue weighted by molar-refractivity contribution is 5.88. The molecular weight excluding hydrogens is 316 g/mol. The Morgan fingerprint density at radius 2 is 1.76 bits per heavy atom. The van der Waals surface area contributed by atoms with Gasteiger partial charge in [-0.1, -0.05) is 6.07 Å². The van der Waals surface area contributed by atoms with Crippen LogP contribution in [0.2, 0.25) is 0 Å². The summed E-state index contributed by atoms with van der Waals surface area (Å²) in [7, 11) is 0. The first-order valence-electron chi connectivity index (χ1n) is 9.31. The number of carbonyl (C=O) groups excluding carboxylic acids is 2. The van der Waals surface area contributed by atoms with Gasteiger partial charge >= 0.3 is 0 Å². The van der Waals surface area contributed by atoms with Crippen LogP contribution in [0.1, 0.15) is 45.4 Å². The average Bonchev–Trinajstić information content (AvgIpc) is 2.51. The summed E-state index contributed by atoms with van der Waals surface area (Å²) in [5, 5.41) is 6.02. The van der Waals surface area contributed by atoms with Crippen molar-refractivity contribution in [2.75, 3.05) is 11.9 Å². The maximum atomic E-state index is 12.5. The fourth-order valence-corrected chi connectivity index (χ4v) is 5.61. The molecule has 0 spiro atoms. The first kappa shape index (κ1) is 16.4. The Bertz CT molecular complexity index is 650. The Hall–Kier alpha value is -2.04. The summed E-state index contributed by atoms with van der Waals surface area (Å²) in [6.45, 7) is 1.48. The molecule has 25 heavy (non-hydrogen) atoms. The van der Waals surface area contributed by atoms with Gasteiger partial charge in [0.15, 0.2) is 6.61 Å². The monoisotopic (exact) mass is 342 g/mol. The first-order chi connectivity index (χ1) is 12.0. The van der Waals surface area contributed by atoms with Gasteiger partial charge in [0.2, 0.25) is 5.91 Å². The predicted octanol–water partition coefficient (Wildman–Crippen LogP) is 3.11. The van der Waals surface area contributed by atoms with Crippen LogP contribution < -0.4 is 15.4 Å². The van der Waals surface area contributed by atoms with E-state index in [2.05, 4.69) is 10.6 Å². The van der Waals surface area contributed by atoms with Crippen LogP contribution in [0.15, 0.2) is 24.3 Å². The van der Waals surface area contributed by atoms with Crippen LogP contribution >= 0.6 is 0 Å². The first-order valence-corrected chi connectivity index (χ1v) is 9.31. The fraction of sp³-hybridized carbons (Fsp3) is 0.600. The molecule has 0 aromatic heterocycles. The third kappa shape index (κ3) is 3.65. The standard InChI is InChI=1S/C20H26N2O3/c1-13(23)21-17-3-2-4-18(8-17)25-12-19(24)22-20-9-14-5-15(10-20)7-16(6-14)11-20/h2-4,8,14-16H,5-7,9-12H2,1H3,(H,21,23)(H,22,24). The molecule has 0 heterocycles. The molecule has 4 saturated carbocycles. The molecule has 5 heteroatoms. The normalized spacial score (nSPS) is 32.3. The largest absolute Gasteiger partial charge is 0.484 e. The van der Waals surface area contributed by atoms with Gasteiger partial charge in [-0.3, -0.25) is 9.59 Å². The summed E-state index contributed by atoms with van der Waals surface area (Å²) < 4.78 is 5.64. The number of benzene rings is 1. The number of nitrogens with one attached hydrogen (secondary N) is 2. The van der Waals surface area contributed by atoms with E-state index in [4.69, 9.17) is 4.74 Å².